The molecule has 6 rings (SSSR count). The molecule has 0 saturated heterocycles. The minimum atomic E-state index is -1.18. The summed E-state index contributed by atoms with van der Waals surface area (Å²) in [6.45, 7) is 1.53. The van der Waals surface area contributed by atoms with Crippen molar-refractivity contribution in [1.29, 1.82) is 5.26 Å². The third-order valence-electron chi connectivity index (χ3n) is 7.67. The van der Waals surface area contributed by atoms with Gasteiger partial charge in [0.25, 0.3) is 17.7 Å². The molecule has 0 saturated carbocycles. The molecule has 0 aliphatic carbocycles. The number of amides is 1. The van der Waals surface area contributed by atoms with E-state index < -0.39 is 34.2 Å². The first-order chi connectivity index (χ1) is 24.6. The number of amidine groups is 1. The van der Waals surface area contributed by atoms with Crippen LogP contribution in [-0.2, 0) is 6.61 Å². The van der Waals surface area contributed by atoms with E-state index in [0.717, 1.165) is 23.5 Å². The largest absolute Gasteiger partial charge is 0.485 e. The average molecular weight is 726 g/mol. The van der Waals surface area contributed by atoms with Crippen LogP contribution in [0.1, 0.15) is 27.0 Å². The number of halogens is 3. The van der Waals surface area contributed by atoms with Crippen molar-refractivity contribution in [3.63, 3.8) is 0 Å². The molecule has 0 bridgehead atoms. The van der Waals surface area contributed by atoms with Gasteiger partial charge in [-0.1, -0.05) is 71.9 Å². The zero-order chi connectivity index (χ0) is 36.1. The predicted octanol–water partition coefficient (Wildman–Crippen LogP) is 8.59. The molecular formula is C38H30ClF2N5O4S. The first-order valence-electron chi connectivity index (χ1n) is 15.6. The monoisotopic (exact) mass is 725 g/mol. The van der Waals surface area contributed by atoms with Gasteiger partial charge in [0.2, 0.25) is 11.6 Å². The van der Waals surface area contributed by atoms with Crippen LogP contribution in [0.2, 0.25) is 5.02 Å². The standard InChI is InChI=1S/C38H30ClF2N5O4S/c1-45(2)38(47)31-27(39)13-8-14-30(31)51-34-32(40)36(49-26-12-7-11-25(20-26)35-43-17-18-46(35)3)44-37(33(34)41)50-29-19-24(21-42)15-16-28(29)48-22-23-9-5-4-6-10-23/h4-16,19-20H,17-18,22H2,1-3H3. The lowest BCUT2D eigenvalue weighted by molar-refractivity contribution is 0.0824. The molecule has 0 spiro atoms. The van der Waals surface area contributed by atoms with Crippen molar-refractivity contribution in [3.05, 3.63) is 130 Å². The van der Waals surface area contributed by atoms with E-state index in [1.807, 2.05) is 54.4 Å². The van der Waals surface area contributed by atoms with Crippen LogP contribution in [0.4, 0.5) is 8.78 Å². The number of hydrogen-bond donors (Lipinski definition) is 0. The fraction of sp³-hybridized carbons (Fsp3) is 0.158. The van der Waals surface area contributed by atoms with Crippen LogP contribution in [0, 0.1) is 23.0 Å². The lowest BCUT2D eigenvalue weighted by atomic mass is 10.2. The zero-order valence-corrected chi connectivity index (χ0v) is 29.3. The maximum atomic E-state index is 16.5. The normalized spacial score (nSPS) is 12.3. The lowest BCUT2D eigenvalue weighted by Crippen LogP contribution is -2.23. The van der Waals surface area contributed by atoms with E-state index in [1.54, 1.807) is 38.4 Å². The van der Waals surface area contributed by atoms with E-state index >= 15 is 8.78 Å². The molecule has 1 aliphatic rings. The number of nitriles is 1. The Hall–Kier alpha value is -5.64. The summed E-state index contributed by atoms with van der Waals surface area (Å²) >= 11 is 7.06. The van der Waals surface area contributed by atoms with Crippen molar-refractivity contribution in [2.75, 3.05) is 34.2 Å². The van der Waals surface area contributed by atoms with Crippen molar-refractivity contribution in [2.45, 2.75) is 16.4 Å². The molecule has 51 heavy (non-hydrogen) atoms. The maximum Gasteiger partial charge on any atom is 0.260 e. The fourth-order valence-corrected chi connectivity index (χ4v) is 6.44. The minimum absolute atomic E-state index is 0.0413. The number of likely N-dealkylation sites (N-methyl/N-ethyl adjacent to an activating group) is 1. The summed E-state index contributed by atoms with van der Waals surface area (Å²) in [6, 6.07) is 27.2. The Kier molecular flexibility index (Phi) is 10.7. The van der Waals surface area contributed by atoms with Crippen LogP contribution in [-0.4, -0.2) is 60.8 Å². The molecule has 2 heterocycles. The highest BCUT2D eigenvalue weighted by molar-refractivity contribution is 7.99. The molecule has 0 atom stereocenters. The third-order valence-corrected chi connectivity index (χ3v) is 9.10. The molecule has 9 nitrogen and oxygen atoms in total. The van der Waals surface area contributed by atoms with E-state index in [9.17, 15) is 10.1 Å². The summed E-state index contributed by atoms with van der Waals surface area (Å²) in [5, 5.41) is 9.73. The Balaban J connectivity index is 1.44. The van der Waals surface area contributed by atoms with Gasteiger partial charge in [0.05, 0.1) is 33.7 Å². The van der Waals surface area contributed by atoms with Crippen LogP contribution in [0.5, 0.6) is 29.0 Å². The van der Waals surface area contributed by atoms with Gasteiger partial charge in [0.1, 0.15) is 18.2 Å². The second-order valence-electron chi connectivity index (χ2n) is 11.5. The van der Waals surface area contributed by atoms with Crippen LogP contribution in [0.15, 0.2) is 106 Å². The number of ether oxygens (including phenoxy) is 3. The van der Waals surface area contributed by atoms with Crippen molar-refractivity contribution in [3.8, 4) is 35.1 Å². The second-order valence-corrected chi connectivity index (χ2v) is 13.0. The quantitative estimate of drug-likeness (QED) is 0.134. The van der Waals surface area contributed by atoms with Gasteiger partial charge in [0, 0.05) is 44.2 Å². The summed E-state index contributed by atoms with van der Waals surface area (Å²) in [5.41, 5.74) is 1.85. The highest BCUT2D eigenvalue weighted by Crippen LogP contribution is 2.44. The summed E-state index contributed by atoms with van der Waals surface area (Å²) in [6.07, 6.45) is 0. The van der Waals surface area contributed by atoms with Gasteiger partial charge < -0.3 is 24.0 Å². The molecule has 258 valence electrons. The van der Waals surface area contributed by atoms with E-state index in [-0.39, 0.29) is 44.9 Å². The molecule has 0 fully saturated rings. The van der Waals surface area contributed by atoms with Crippen molar-refractivity contribution in [1.82, 2.24) is 14.8 Å². The van der Waals surface area contributed by atoms with Gasteiger partial charge in [0.15, 0.2) is 11.5 Å². The summed E-state index contributed by atoms with van der Waals surface area (Å²) in [5.74, 6) is -2.95. The Labute approximate surface area is 302 Å². The maximum absolute atomic E-state index is 16.5. The van der Waals surface area contributed by atoms with E-state index in [0.29, 0.717) is 18.3 Å². The number of aromatic nitrogens is 1. The number of pyridine rings is 1. The fourth-order valence-electron chi connectivity index (χ4n) is 5.11. The molecular weight excluding hydrogens is 696 g/mol. The smallest absolute Gasteiger partial charge is 0.260 e. The third kappa shape index (κ3) is 7.90. The van der Waals surface area contributed by atoms with Crippen LogP contribution in [0.25, 0.3) is 0 Å². The first kappa shape index (κ1) is 35.2. The number of carbonyl (C=O) groups excluding carboxylic acids is 1. The van der Waals surface area contributed by atoms with E-state index in [1.165, 1.54) is 35.2 Å². The van der Waals surface area contributed by atoms with Crippen molar-refractivity contribution < 1.29 is 27.8 Å². The van der Waals surface area contributed by atoms with Gasteiger partial charge in [-0.05, 0) is 42.0 Å². The van der Waals surface area contributed by atoms with Gasteiger partial charge in [-0.25, -0.2) is 0 Å². The SMILES string of the molecule is CN(C)C(=O)c1c(Cl)cccc1Sc1c(F)c(Oc2cccc(C3=NCCN3C)c2)nc(Oc2cc(C#N)ccc2OCc2ccccc2)c1F. The van der Waals surface area contributed by atoms with Crippen LogP contribution >= 0.6 is 23.4 Å². The number of carbonyl (C=O) groups is 1. The number of hydrogen-bond acceptors (Lipinski definition) is 9. The Bertz CT molecular complexity index is 2180. The average Bonchev–Trinajstić information content (AvgIpc) is 3.57. The molecule has 1 aromatic heterocycles. The number of nitrogens with zero attached hydrogens (tertiary/aromatic N) is 5. The lowest BCUT2D eigenvalue weighted by Gasteiger charge is -2.18. The number of rotatable bonds is 11. The minimum Gasteiger partial charge on any atom is -0.485 e. The second kappa shape index (κ2) is 15.5. The first-order valence-corrected chi connectivity index (χ1v) is 16.8. The van der Waals surface area contributed by atoms with Gasteiger partial charge in [-0.2, -0.15) is 19.0 Å². The van der Waals surface area contributed by atoms with Crippen LogP contribution < -0.4 is 14.2 Å². The molecule has 4 aromatic carbocycles. The van der Waals surface area contributed by atoms with Gasteiger partial charge in [-0.15, -0.1) is 0 Å². The molecule has 0 N–H and O–H groups in total. The molecule has 5 aromatic rings. The zero-order valence-electron chi connectivity index (χ0n) is 27.7. The Morgan fingerprint density at radius 2 is 1.71 bits per heavy atom. The number of aliphatic imine (C=N–C) groups is 1. The highest BCUT2D eigenvalue weighted by atomic mass is 35.5. The molecule has 0 unspecified atom stereocenters. The van der Waals surface area contributed by atoms with E-state index in [4.69, 9.17) is 25.8 Å². The molecule has 13 heteroatoms. The van der Waals surface area contributed by atoms with Crippen LogP contribution in [0.3, 0.4) is 0 Å². The number of benzene rings is 4. The highest BCUT2D eigenvalue weighted by Gasteiger charge is 2.28. The molecule has 0 radical (unpaired) electrons. The van der Waals surface area contributed by atoms with Gasteiger partial charge >= 0.3 is 0 Å². The summed E-state index contributed by atoms with van der Waals surface area (Å²) < 4.78 is 50.9. The summed E-state index contributed by atoms with van der Waals surface area (Å²) in [7, 11) is 5.00. The molecule has 1 aliphatic heterocycles. The topological polar surface area (TPSA) is 100 Å². The van der Waals surface area contributed by atoms with E-state index in [2.05, 4.69) is 9.98 Å². The van der Waals surface area contributed by atoms with Gasteiger partial charge in [-0.3, -0.25) is 9.79 Å². The predicted molar refractivity (Wildman–Crippen MR) is 190 cm³/mol. The summed E-state index contributed by atoms with van der Waals surface area (Å²) in [4.78, 5) is 24.7. The Morgan fingerprint density at radius 3 is 2.41 bits per heavy atom. The van der Waals surface area contributed by atoms with Crippen molar-refractivity contribution in [2.24, 2.45) is 4.99 Å². The Morgan fingerprint density at radius 1 is 0.961 bits per heavy atom. The molecule has 1 amide bonds. The van der Waals surface area contributed by atoms with Crippen molar-refractivity contribution >= 4 is 35.1 Å².